The first-order valence-electron chi connectivity index (χ1n) is 7.80. The maximum Gasteiger partial charge on any atom is 0.0772 e. The van der Waals surface area contributed by atoms with Gasteiger partial charge in [-0.25, -0.2) is 0 Å². The van der Waals surface area contributed by atoms with Crippen molar-refractivity contribution in [3.05, 3.63) is 12.2 Å². The third kappa shape index (κ3) is 4.40. The first-order chi connectivity index (χ1) is 8.68. The van der Waals surface area contributed by atoms with E-state index in [-0.39, 0.29) is 0 Å². The summed E-state index contributed by atoms with van der Waals surface area (Å²) in [5.74, 6) is 0.798. The summed E-state index contributed by atoms with van der Waals surface area (Å²) in [7, 11) is 0. The van der Waals surface area contributed by atoms with Gasteiger partial charge in [0.2, 0.25) is 0 Å². The van der Waals surface area contributed by atoms with Gasteiger partial charge in [0.05, 0.1) is 5.60 Å². The van der Waals surface area contributed by atoms with E-state index in [2.05, 4.69) is 24.4 Å². The Labute approximate surface area is 112 Å². The van der Waals surface area contributed by atoms with Crippen LogP contribution in [0.15, 0.2) is 12.2 Å². The van der Waals surface area contributed by atoms with Crippen LogP contribution in [0, 0.1) is 5.92 Å². The molecule has 2 rings (SSSR count). The fourth-order valence-corrected chi connectivity index (χ4v) is 3.13. The molecule has 0 spiro atoms. The highest BCUT2D eigenvalue weighted by Crippen LogP contribution is 2.31. The Balaban J connectivity index is 1.77. The molecule has 0 aromatic heterocycles. The van der Waals surface area contributed by atoms with Crippen molar-refractivity contribution in [2.75, 3.05) is 6.54 Å². The predicted octanol–water partition coefficient (Wildman–Crippen LogP) is 3.41. The topological polar surface area (TPSA) is 32.3 Å². The molecule has 2 aliphatic rings. The van der Waals surface area contributed by atoms with E-state index in [0.29, 0.717) is 6.04 Å². The van der Waals surface area contributed by atoms with Crippen LogP contribution in [0.2, 0.25) is 0 Å². The number of hydrogen-bond acceptors (Lipinski definition) is 2. The largest absolute Gasteiger partial charge is 0.389 e. The van der Waals surface area contributed by atoms with Gasteiger partial charge in [0.1, 0.15) is 0 Å². The minimum atomic E-state index is -0.442. The van der Waals surface area contributed by atoms with Gasteiger partial charge in [-0.2, -0.15) is 0 Å². The lowest BCUT2D eigenvalue weighted by molar-refractivity contribution is -0.00741. The van der Waals surface area contributed by atoms with Crippen molar-refractivity contribution in [3.8, 4) is 0 Å². The third-order valence-electron chi connectivity index (χ3n) is 4.65. The van der Waals surface area contributed by atoms with Gasteiger partial charge in [0.15, 0.2) is 0 Å². The standard InChI is InChI=1S/C16H29NO/c1-14-9-11-16(18,12-10-14)13-17-15-7-5-3-2-4-6-8-15/h5,7,14-15,17-18H,2-4,6,8-13H2,1H3/b7-5+. The lowest BCUT2D eigenvalue weighted by Crippen LogP contribution is -2.46. The number of nitrogens with one attached hydrogen (secondary N) is 1. The summed E-state index contributed by atoms with van der Waals surface area (Å²) in [4.78, 5) is 0. The second-order valence-electron chi connectivity index (χ2n) is 6.46. The fraction of sp³-hybridized carbons (Fsp3) is 0.875. The molecule has 2 heteroatoms. The SMILES string of the molecule is CC1CCC(O)(CNC2/C=C/CCCCC2)CC1. The van der Waals surface area contributed by atoms with Gasteiger partial charge in [0.25, 0.3) is 0 Å². The molecule has 18 heavy (non-hydrogen) atoms. The molecule has 0 saturated heterocycles. The van der Waals surface area contributed by atoms with Crippen LogP contribution in [0.3, 0.4) is 0 Å². The van der Waals surface area contributed by atoms with E-state index in [1.807, 2.05) is 0 Å². The van der Waals surface area contributed by atoms with Gasteiger partial charge in [0, 0.05) is 12.6 Å². The molecule has 2 aliphatic carbocycles. The summed E-state index contributed by atoms with van der Waals surface area (Å²) >= 11 is 0. The average molecular weight is 251 g/mol. The molecule has 0 radical (unpaired) electrons. The Morgan fingerprint density at radius 3 is 2.72 bits per heavy atom. The maximum atomic E-state index is 10.6. The van der Waals surface area contributed by atoms with Crippen molar-refractivity contribution in [1.82, 2.24) is 5.32 Å². The number of rotatable bonds is 3. The van der Waals surface area contributed by atoms with Crippen molar-refractivity contribution >= 4 is 0 Å². The van der Waals surface area contributed by atoms with Crippen LogP contribution in [-0.4, -0.2) is 23.3 Å². The quantitative estimate of drug-likeness (QED) is 0.753. The zero-order chi connectivity index (χ0) is 12.8. The van der Waals surface area contributed by atoms with Crippen molar-refractivity contribution in [2.45, 2.75) is 76.4 Å². The normalized spacial score (nSPS) is 39.9. The summed E-state index contributed by atoms with van der Waals surface area (Å²) in [5.41, 5.74) is -0.442. The van der Waals surface area contributed by atoms with E-state index in [4.69, 9.17) is 0 Å². The number of allylic oxidation sites excluding steroid dienone is 1. The van der Waals surface area contributed by atoms with Crippen LogP contribution in [-0.2, 0) is 0 Å². The maximum absolute atomic E-state index is 10.6. The Morgan fingerprint density at radius 1 is 1.17 bits per heavy atom. The molecular weight excluding hydrogens is 222 g/mol. The zero-order valence-electron chi connectivity index (χ0n) is 11.8. The molecule has 0 heterocycles. The van der Waals surface area contributed by atoms with Crippen molar-refractivity contribution < 1.29 is 5.11 Å². The lowest BCUT2D eigenvalue weighted by Gasteiger charge is -2.36. The van der Waals surface area contributed by atoms with Crippen LogP contribution in [0.1, 0.15) is 64.7 Å². The van der Waals surface area contributed by atoms with E-state index in [1.54, 1.807) is 0 Å². The molecule has 2 nitrogen and oxygen atoms in total. The van der Waals surface area contributed by atoms with E-state index in [0.717, 1.165) is 25.3 Å². The van der Waals surface area contributed by atoms with Crippen LogP contribution in [0.25, 0.3) is 0 Å². The van der Waals surface area contributed by atoms with Crippen LogP contribution >= 0.6 is 0 Å². The van der Waals surface area contributed by atoms with E-state index < -0.39 is 5.60 Å². The predicted molar refractivity (Wildman–Crippen MR) is 76.6 cm³/mol. The Bertz CT molecular complexity index is 266. The lowest BCUT2D eigenvalue weighted by atomic mass is 9.79. The molecule has 1 saturated carbocycles. The summed E-state index contributed by atoms with van der Waals surface area (Å²) in [5, 5.41) is 14.1. The molecule has 0 aliphatic heterocycles. The highest BCUT2D eigenvalue weighted by molar-refractivity contribution is 4.96. The molecule has 0 bridgehead atoms. The molecule has 0 aromatic carbocycles. The summed E-state index contributed by atoms with van der Waals surface area (Å²) in [6.45, 7) is 3.07. The Morgan fingerprint density at radius 2 is 1.94 bits per heavy atom. The minimum absolute atomic E-state index is 0.442. The Hall–Kier alpha value is -0.340. The van der Waals surface area contributed by atoms with Gasteiger partial charge in [-0.1, -0.05) is 31.9 Å². The number of aliphatic hydroxyl groups is 1. The van der Waals surface area contributed by atoms with Gasteiger partial charge in [-0.15, -0.1) is 0 Å². The summed E-state index contributed by atoms with van der Waals surface area (Å²) in [6, 6.07) is 0.480. The molecular formula is C16H29NO. The van der Waals surface area contributed by atoms with Crippen molar-refractivity contribution in [3.63, 3.8) is 0 Å². The van der Waals surface area contributed by atoms with E-state index in [9.17, 15) is 5.11 Å². The summed E-state index contributed by atoms with van der Waals surface area (Å²) < 4.78 is 0. The smallest absolute Gasteiger partial charge is 0.0772 e. The first kappa shape index (κ1) is 14.1. The molecule has 1 atom stereocenters. The molecule has 0 amide bonds. The zero-order valence-corrected chi connectivity index (χ0v) is 11.8. The molecule has 0 aromatic rings. The minimum Gasteiger partial charge on any atom is -0.389 e. The van der Waals surface area contributed by atoms with Gasteiger partial charge in [-0.3, -0.25) is 0 Å². The van der Waals surface area contributed by atoms with E-state index in [1.165, 1.54) is 44.9 Å². The molecule has 1 unspecified atom stereocenters. The summed E-state index contributed by atoms with van der Waals surface area (Å²) in [6.07, 6.45) is 15.4. The highest BCUT2D eigenvalue weighted by atomic mass is 16.3. The van der Waals surface area contributed by atoms with Crippen LogP contribution in [0.4, 0.5) is 0 Å². The monoisotopic (exact) mass is 251 g/mol. The molecule has 104 valence electrons. The first-order valence-corrected chi connectivity index (χ1v) is 7.80. The highest BCUT2D eigenvalue weighted by Gasteiger charge is 2.31. The van der Waals surface area contributed by atoms with Crippen molar-refractivity contribution in [2.24, 2.45) is 5.92 Å². The van der Waals surface area contributed by atoms with Crippen LogP contribution in [0.5, 0.6) is 0 Å². The molecule has 2 N–H and O–H groups in total. The van der Waals surface area contributed by atoms with Gasteiger partial charge in [-0.05, 0) is 50.9 Å². The number of hydrogen-bond donors (Lipinski definition) is 2. The van der Waals surface area contributed by atoms with E-state index >= 15 is 0 Å². The third-order valence-corrected chi connectivity index (χ3v) is 4.65. The van der Waals surface area contributed by atoms with Crippen LogP contribution < -0.4 is 5.32 Å². The van der Waals surface area contributed by atoms with Gasteiger partial charge < -0.3 is 10.4 Å². The average Bonchev–Trinajstić information content (AvgIpc) is 2.32. The second kappa shape index (κ2) is 6.72. The fourth-order valence-electron chi connectivity index (χ4n) is 3.13. The Kier molecular flexibility index (Phi) is 5.25. The molecule has 1 fully saturated rings. The second-order valence-corrected chi connectivity index (χ2v) is 6.46. The van der Waals surface area contributed by atoms with Crippen molar-refractivity contribution in [1.29, 1.82) is 0 Å². The van der Waals surface area contributed by atoms with Gasteiger partial charge >= 0.3 is 0 Å².